The van der Waals surface area contributed by atoms with E-state index < -0.39 is 32.4 Å². The van der Waals surface area contributed by atoms with Crippen molar-refractivity contribution >= 4 is 44.8 Å². The predicted molar refractivity (Wildman–Crippen MR) is 117 cm³/mol. The SMILES string of the molecule is O=C(NNC(=O)c1ccccc1NS(=O)(=O)c1cccc([N+](=O)[O-])c1)c1ccc(Cl)cc1. The average molecular weight is 475 g/mol. The van der Waals surface area contributed by atoms with Crippen LogP contribution in [0, 0.1) is 10.1 Å². The third-order valence-corrected chi connectivity index (χ3v) is 5.77. The number of halogens is 1. The molecule has 3 N–H and O–H groups in total. The van der Waals surface area contributed by atoms with Crippen LogP contribution >= 0.6 is 11.6 Å². The van der Waals surface area contributed by atoms with Gasteiger partial charge in [-0.2, -0.15) is 0 Å². The van der Waals surface area contributed by atoms with Gasteiger partial charge in [0, 0.05) is 22.7 Å². The van der Waals surface area contributed by atoms with Gasteiger partial charge in [0.15, 0.2) is 0 Å². The summed E-state index contributed by atoms with van der Waals surface area (Å²) in [5.41, 5.74) is 4.11. The molecule has 0 aliphatic heterocycles. The Morgan fingerprint density at radius 1 is 0.875 bits per heavy atom. The van der Waals surface area contributed by atoms with Crippen molar-refractivity contribution in [3.63, 3.8) is 0 Å². The van der Waals surface area contributed by atoms with E-state index in [9.17, 15) is 28.1 Å². The van der Waals surface area contributed by atoms with Crippen molar-refractivity contribution in [2.45, 2.75) is 4.90 Å². The number of anilines is 1. The highest BCUT2D eigenvalue weighted by molar-refractivity contribution is 7.92. The number of nitro benzene ring substituents is 1. The van der Waals surface area contributed by atoms with E-state index in [1.807, 2.05) is 0 Å². The summed E-state index contributed by atoms with van der Waals surface area (Å²) < 4.78 is 27.6. The van der Waals surface area contributed by atoms with Gasteiger partial charge in [0.25, 0.3) is 27.5 Å². The van der Waals surface area contributed by atoms with Gasteiger partial charge in [-0.3, -0.25) is 35.3 Å². The molecule has 2 amide bonds. The van der Waals surface area contributed by atoms with Gasteiger partial charge in [-0.15, -0.1) is 0 Å². The van der Waals surface area contributed by atoms with Gasteiger partial charge >= 0.3 is 0 Å². The van der Waals surface area contributed by atoms with Crippen LogP contribution in [0.15, 0.2) is 77.7 Å². The van der Waals surface area contributed by atoms with Crippen LogP contribution in [0.3, 0.4) is 0 Å². The minimum Gasteiger partial charge on any atom is -0.279 e. The smallest absolute Gasteiger partial charge is 0.271 e. The second kappa shape index (κ2) is 9.45. The first-order valence-electron chi connectivity index (χ1n) is 8.90. The fourth-order valence-electron chi connectivity index (χ4n) is 2.59. The zero-order valence-corrected chi connectivity index (χ0v) is 17.7. The highest BCUT2D eigenvalue weighted by Crippen LogP contribution is 2.22. The number of hydrogen-bond donors (Lipinski definition) is 3. The van der Waals surface area contributed by atoms with Crippen LogP contribution in [-0.2, 0) is 10.0 Å². The third-order valence-electron chi connectivity index (χ3n) is 4.15. The first-order valence-corrected chi connectivity index (χ1v) is 10.8. The van der Waals surface area contributed by atoms with Crippen molar-refractivity contribution in [2.24, 2.45) is 0 Å². The number of nitro groups is 1. The maximum Gasteiger partial charge on any atom is 0.271 e. The standard InChI is InChI=1S/C20H15ClN4O6S/c21-14-10-8-13(9-11-14)19(26)22-23-20(27)17-6-1-2-7-18(17)24-32(30,31)16-5-3-4-15(12-16)25(28)29/h1-12,24H,(H,22,26)(H,23,27). The van der Waals surface area contributed by atoms with Crippen LogP contribution in [0.2, 0.25) is 5.02 Å². The van der Waals surface area contributed by atoms with Crippen LogP contribution in [0.4, 0.5) is 11.4 Å². The van der Waals surface area contributed by atoms with Gasteiger partial charge in [-0.25, -0.2) is 8.42 Å². The second-order valence-electron chi connectivity index (χ2n) is 6.32. The molecule has 0 saturated heterocycles. The van der Waals surface area contributed by atoms with Gasteiger partial charge in [0.1, 0.15) is 0 Å². The van der Waals surface area contributed by atoms with Gasteiger partial charge in [-0.1, -0.05) is 29.8 Å². The zero-order chi connectivity index (χ0) is 23.3. The summed E-state index contributed by atoms with van der Waals surface area (Å²) >= 11 is 5.77. The molecule has 0 aliphatic rings. The number of hydrazine groups is 1. The maximum atomic E-state index is 12.7. The fourth-order valence-corrected chi connectivity index (χ4v) is 3.84. The Hall–Kier alpha value is -3.96. The lowest BCUT2D eigenvalue weighted by molar-refractivity contribution is -0.385. The number of para-hydroxylation sites is 1. The van der Waals surface area contributed by atoms with Crippen molar-refractivity contribution in [2.75, 3.05) is 4.72 Å². The van der Waals surface area contributed by atoms with Crippen molar-refractivity contribution in [1.82, 2.24) is 10.9 Å². The van der Waals surface area contributed by atoms with Crippen LogP contribution in [-0.4, -0.2) is 25.2 Å². The molecule has 12 heteroatoms. The zero-order valence-electron chi connectivity index (χ0n) is 16.1. The molecule has 0 fully saturated rings. The van der Waals surface area contributed by atoms with Gasteiger partial charge in [0.05, 0.1) is 21.1 Å². The van der Waals surface area contributed by atoms with E-state index in [0.29, 0.717) is 5.02 Å². The molecule has 0 heterocycles. The van der Waals surface area contributed by atoms with E-state index in [4.69, 9.17) is 11.6 Å². The molecule has 0 atom stereocenters. The number of benzene rings is 3. The van der Waals surface area contributed by atoms with E-state index in [0.717, 1.165) is 12.1 Å². The van der Waals surface area contributed by atoms with Crippen LogP contribution in [0.1, 0.15) is 20.7 Å². The Labute approximate surface area is 187 Å². The van der Waals surface area contributed by atoms with E-state index in [2.05, 4.69) is 15.6 Å². The molecular weight excluding hydrogens is 460 g/mol. The molecule has 32 heavy (non-hydrogen) atoms. The molecule has 0 saturated carbocycles. The Balaban J connectivity index is 1.77. The lowest BCUT2D eigenvalue weighted by Crippen LogP contribution is -2.41. The predicted octanol–water partition coefficient (Wildman–Crippen LogP) is 3.12. The molecule has 0 aliphatic carbocycles. The molecule has 0 bridgehead atoms. The first kappa shape index (κ1) is 22.7. The summed E-state index contributed by atoms with van der Waals surface area (Å²) in [4.78, 5) is 34.5. The highest BCUT2D eigenvalue weighted by atomic mass is 35.5. The molecule has 3 aromatic rings. The summed E-state index contributed by atoms with van der Waals surface area (Å²) in [6, 6.07) is 16.1. The average Bonchev–Trinajstić information content (AvgIpc) is 2.78. The van der Waals surface area contributed by atoms with Crippen molar-refractivity contribution in [3.8, 4) is 0 Å². The van der Waals surface area contributed by atoms with Crippen molar-refractivity contribution in [1.29, 1.82) is 0 Å². The number of nitrogens with one attached hydrogen (secondary N) is 3. The molecule has 164 valence electrons. The maximum absolute atomic E-state index is 12.7. The summed E-state index contributed by atoms with van der Waals surface area (Å²) in [6.45, 7) is 0. The molecule has 0 aromatic heterocycles. The summed E-state index contributed by atoms with van der Waals surface area (Å²) in [5.74, 6) is -1.39. The number of amides is 2. The Kier molecular flexibility index (Phi) is 6.71. The molecule has 10 nitrogen and oxygen atoms in total. The number of carbonyl (C=O) groups is 2. The number of carbonyl (C=O) groups excluding carboxylic acids is 2. The molecule has 0 spiro atoms. The lowest BCUT2D eigenvalue weighted by Gasteiger charge is -2.13. The summed E-state index contributed by atoms with van der Waals surface area (Å²) in [7, 11) is -4.24. The monoisotopic (exact) mass is 474 g/mol. The van der Waals surface area contributed by atoms with Crippen molar-refractivity contribution < 1.29 is 22.9 Å². The Morgan fingerprint density at radius 2 is 1.53 bits per heavy atom. The molecule has 0 unspecified atom stereocenters. The van der Waals surface area contributed by atoms with E-state index in [-0.39, 0.29) is 21.7 Å². The molecule has 3 rings (SSSR count). The first-order chi connectivity index (χ1) is 15.2. The third kappa shape index (κ3) is 5.39. The van der Waals surface area contributed by atoms with Crippen molar-refractivity contribution in [3.05, 3.63) is 99.1 Å². The Bertz CT molecular complexity index is 1300. The normalized spacial score (nSPS) is 10.8. The summed E-state index contributed by atoms with van der Waals surface area (Å²) in [5, 5.41) is 11.4. The molecule has 0 radical (unpaired) electrons. The fraction of sp³-hybridized carbons (Fsp3) is 0. The van der Waals surface area contributed by atoms with Crippen LogP contribution < -0.4 is 15.6 Å². The minimum atomic E-state index is -4.24. The lowest BCUT2D eigenvalue weighted by atomic mass is 10.2. The topological polar surface area (TPSA) is 148 Å². The van der Waals surface area contributed by atoms with Crippen LogP contribution in [0.25, 0.3) is 0 Å². The Morgan fingerprint density at radius 3 is 2.22 bits per heavy atom. The number of sulfonamides is 1. The number of nitrogens with zero attached hydrogens (tertiary/aromatic N) is 1. The largest absolute Gasteiger partial charge is 0.279 e. The van der Waals surface area contributed by atoms with Gasteiger partial charge in [0.2, 0.25) is 0 Å². The van der Waals surface area contributed by atoms with Crippen LogP contribution in [0.5, 0.6) is 0 Å². The highest BCUT2D eigenvalue weighted by Gasteiger charge is 2.21. The minimum absolute atomic E-state index is 0.0853. The van der Waals surface area contributed by atoms with E-state index in [1.54, 1.807) is 0 Å². The van der Waals surface area contributed by atoms with Gasteiger partial charge in [-0.05, 0) is 42.5 Å². The molecular formula is C20H15ClN4O6S. The van der Waals surface area contributed by atoms with Gasteiger partial charge < -0.3 is 0 Å². The quantitative estimate of drug-likeness (QED) is 0.369. The van der Waals surface area contributed by atoms with E-state index >= 15 is 0 Å². The van der Waals surface area contributed by atoms with E-state index in [1.165, 1.54) is 60.7 Å². The molecule has 3 aromatic carbocycles. The summed E-state index contributed by atoms with van der Waals surface area (Å²) in [6.07, 6.45) is 0. The number of rotatable bonds is 6. The number of non-ortho nitro benzene ring substituents is 1. The number of hydrogen-bond acceptors (Lipinski definition) is 6. The second-order valence-corrected chi connectivity index (χ2v) is 8.44.